The third kappa shape index (κ3) is 2.47. The van der Waals surface area contributed by atoms with Gasteiger partial charge in [0, 0.05) is 11.8 Å². The van der Waals surface area contributed by atoms with Crippen molar-refractivity contribution in [2.24, 2.45) is 0 Å². The summed E-state index contributed by atoms with van der Waals surface area (Å²) in [6, 6.07) is 0. The van der Waals surface area contributed by atoms with Crippen molar-refractivity contribution in [2.45, 2.75) is 12.6 Å². The summed E-state index contributed by atoms with van der Waals surface area (Å²) in [6.45, 7) is 0. The number of aldehydes is 1. The first-order valence-corrected chi connectivity index (χ1v) is 4.85. The molecule has 1 aromatic rings. The highest BCUT2D eigenvalue weighted by molar-refractivity contribution is 14.1. The highest BCUT2D eigenvalue weighted by atomic mass is 127. The van der Waals surface area contributed by atoms with Crippen LogP contribution in [0.4, 0.5) is 22.0 Å². The molecule has 0 saturated carbocycles. The van der Waals surface area contributed by atoms with Crippen LogP contribution in [0.2, 0.25) is 0 Å². The summed E-state index contributed by atoms with van der Waals surface area (Å²) in [5.74, 6) is 0. The Hall–Kier alpha value is -0.800. The van der Waals surface area contributed by atoms with E-state index in [1.54, 1.807) is 0 Å². The van der Waals surface area contributed by atoms with Crippen molar-refractivity contribution in [3.8, 4) is 0 Å². The molecule has 0 spiro atoms. The van der Waals surface area contributed by atoms with Crippen molar-refractivity contribution in [1.82, 2.24) is 4.98 Å². The lowest BCUT2D eigenvalue weighted by Gasteiger charge is -2.13. The minimum absolute atomic E-state index is 0.228. The molecular weight excluding hydrogens is 348 g/mol. The molecule has 16 heavy (non-hydrogen) atoms. The zero-order valence-corrected chi connectivity index (χ0v) is 9.51. The van der Waals surface area contributed by atoms with Gasteiger partial charge in [0.25, 0.3) is 6.43 Å². The van der Waals surface area contributed by atoms with Crippen LogP contribution in [-0.4, -0.2) is 11.3 Å². The van der Waals surface area contributed by atoms with Gasteiger partial charge in [-0.2, -0.15) is 13.2 Å². The molecule has 2 nitrogen and oxygen atoms in total. The topological polar surface area (TPSA) is 30.0 Å². The Morgan fingerprint density at radius 2 is 1.94 bits per heavy atom. The second-order valence-corrected chi connectivity index (χ2v) is 3.73. The Labute approximate surface area is 100.0 Å². The molecule has 8 heteroatoms. The molecule has 1 aromatic heterocycles. The maximum atomic E-state index is 12.5. The third-order valence-corrected chi connectivity index (χ3v) is 2.61. The fourth-order valence-electron chi connectivity index (χ4n) is 1.08. The van der Waals surface area contributed by atoms with Gasteiger partial charge in [0.1, 0.15) is 3.70 Å². The average Bonchev–Trinajstić information content (AvgIpc) is 2.14. The van der Waals surface area contributed by atoms with Crippen molar-refractivity contribution in [3.63, 3.8) is 0 Å². The van der Waals surface area contributed by atoms with Crippen LogP contribution in [0.1, 0.15) is 27.9 Å². The summed E-state index contributed by atoms with van der Waals surface area (Å²) in [5.41, 5.74) is -3.48. The number of alkyl halides is 5. The van der Waals surface area contributed by atoms with Crippen LogP contribution in [0.5, 0.6) is 0 Å². The lowest BCUT2D eigenvalue weighted by atomic mass is 10.1. The molecule has 0 aliphatic heterocycles. The number of carbonyl (C=O) groups excluding carboxylic acids is 1. The monoisotopic (exact) mass is 351 g/mol. The molecule has 0 aromatic carbocycles. The lowest BCUT2D eigenvalue weighted by Crippen LogP contribution is -2.13. The summed E-state index contributed by atoms with van der Waals surface area (Å²) in [6.07, 6.45) is -7.91. The Balaban J connectivity index is 3.56. The van der Waals surface area contributed by atoms with Crippen molar-refractivity contribution in [1.29, 1.82) is 0 Å². The highest BCUT2D eigenvalue weighted by Crippen LogP contribution is 2.36. The van der Waals surface area contributed by atoms with E-state index < -0.39 is 29.3 Å². The van der Waals surface area contributed by atoms with Gasteiger partial charge in [-0.25, -0.2) is 13.8 Å². The molecular formula is C8H3F5INO. The van der Waals surface area contributed by atoms with E-state index >= 15 is 0 Å². The van der Waals surface area contributed by atoms with E-state index in [0.717, 1.165) is 0 Å². The smallest absolute Gasteiger partial charge is 0.298 e. The van der Waals surface area contributed by atoms with Gasteiger partial charge in [-0.3, -0.25) is 4.79 Å². The molecule has 0 amide bonds. The van der Waals surface area contributed by atoms with Crippen LogP contribution >= 0.6 is 22.6 Å². The van der Waals surface area contributed by atoms with Crippen LogP contribution in [0.25, 0.3) is 0 Å². The quantitative estimate of drug-likeness (QED) is 0.354. The lowest BCUT2D eigenvalue weighted by molar-refractivity contribution is -0.138. The molecule has 0 aliphatic carbocycles. The van der Waals surface area contributed by atoms with E-state index in [1.807, 2.05) is 0 Å². The van der Waals surface area contributed by atoms with Crippen molar-refractivity contribution in [2.75, 3.05) is 0 Å². The summed E-state index contributed by atoms with van der Waals surface area (Å²) in [4.78, 5) is 13.7. The number of hydrogen-bond acceptors (Lipinski definition) is 2. The molecule has 1 heterocycles. The van der Waals surface area contributed by atoms with Crippen LogP contribution in [0.15, 0.2) is 6.20 Å². The predicted molar refractivity (Wildman–Crippen MR) is 52.3 cm³/mol. The van der Waals surface area contributed by atoms with Gasteiger partial charge in [-0.1, -0.05) is 0 Å². The first kappa shape index (κ1) is 13.3. The van der Waals surface area contributed by atoms with E-state index in [-0.39, 0.29) is 9.99 Å². The second-order valence-electron chi connectivity index (χ2n) is 2.71. The van der Waals surface area contributed by atoms with Gasteiger partial charge in [0.15, 0.2) is 6.29 Å². The predicted octanol–water partition coefficient (Wildman–Crippen LogP) is 3.46. The third-order valence-electron chi connectivity index (χ3n) is 1.75. The second kappa shape index (κ2) is 4.60. The van der Waals surface area contributed by atoms with Gasteiger partial charge in [0.2, 0.25) is 0 Å². The van der Waals surface area contributed by atoms with E-state index in [4.69, 9.17) is 0 Å². The number of halogens is 6. The number of aromatic nitrogens is 1. The number of nitrogens with zero attached hydrogens (tertiary/aromatic N) is 1. The summed E-state index contributed by atoms with van der Waals surface area (Å²) in [7, 11) is 0. The molecule has 0 fully saturated rings. The highest BCUT2D eigenvalue weighted by Gasteiger charge is 2.36. The zero-order chi connectivity index (χ0) is 12.5. The first-order valence-electron chi connectivity index (χ1n) is 3.78. The number of rotatable bonds is 2. The van der Waals surface area contributed by atoms with Crippen molar-refractivity contribution in [3.05, 3.63) is 26.6 Å². The van der Waals surface area contributed by atoms with Gasteiger partial charge in [0.05, 0.1) is 11.1 Å². The summed E-state index contributed by atoms with van der Waals surface area (Å²) in [5, 5.41) is 0. The Bertz CT molecular complexity index is 418. The zero-order valence-electron chi connectivity index (χ0n) is 7.36. The summed E-state index contributed by atoms with van der Waals surface area (Å²) >= 11 is 1.35. The number of carbonyl (C=O) groups is 1. The van der Waals surface area contributed by atoms with E-state index in [0.29, 0.717) is 6.20 Å². The average molecular weight is 351 g/mol. The van der Waals surface area contributed by atoms with Crippen LogP contribution in [-0.2, 0) is 6.18 Å². The largest absolute Gasteiger partial charge is 0.418 e. The summed E-state index contributed by atoms with van der Waals surface area (Å²) < 4.78 is 61.7. The fraction of sp³-hybridized carbons (Fsp3) is 0.250. The van der Waals surface area contributed by atoms with Crippen LogP contribution in [0.3, 0.4) is 0 Å². The molecule has 1 rings (SSSR count). The molecule has 0 atom stereocenters. The molecule has 0 aliphatic rings. The maximum Gasteiger partial charge on any atom is 0.418 e. The van der Waals surface area contributed by atoms with E-state index in [1.165, 1.54) is 22.6 Å². The van der Waals surface area contributed by atoms with Crippen LogP contribution < -0.4 is 0 Å². The molecule has 0 N–H and O–H groups in total. The van der Waals surface area contributed by atoms with Crippen molar-refractivity contribution >= 4 is 28.9 Å². The number of hydrogen-bond donors (Lipinski definition) is 0. The molecule has 0 bridgehead atoms. The Morgan fingerprint density at radius 1 is 1.38 bits per heavy atom. The Morgan fingerprint density at radius 3 is 2.31 bits per heavy atom. The molecule has 0 saturated heterocycles. The SMILES string of the molecule is O=Cc1c(C(F)(F)F)cnc(I)c1C(F)F. The molecule has 0 radical (unpaired) electrons. The molecule has 0 unspecified atom stereocenters. The van der Waals surface area contributed by atoms with Gasteiger partial charge >= 0.3 is 6.18 Å². The standard InChI is InChI=1S/C8H3F5INO/c9-6(10)5-3(2-16)4(8(11,12)13)1-15-7(5)14/h1-2,6H. The minimum atomic E-state index is -4.88. The first-order chi connectivity index (χ1) is 7.29. The van der Waals surface area contributed by atoms with Gasteiger partial charge in [-0.15, -0.1) is 0 Å². The van der Waals surface area contributed by atoms with Gasteiger partial charge < -0.3 is 0 Å². The number of pyridine rings is 1. The van der Waals surface area contributed by atoms with E-state index in [9.17, 15) is 26.7 Å². The van der Waals surface area contributed by atoms with Crippen LogP contribution in [0, 0.1) is 3.70 Å². The fourth-order valence-corrected chi connectivity index (χ4v) is 1.74. The van der Waals surface area contributed by atoms with Crippen molar-refractivity contribution < 1.29 is 26.7 Å². The Kier molecular flexibility index (Phi) is 3.81. The van der Waals surface area contributed by atoms with E-state index in [2.05, 4.69) is 4.98 Å². The van der Waals surface area contributed by atoms with Gasteiger partial charge in [-0.05, 0) is 22.6 Å². The molecule has 88 valence electrons. The maximum absolute atomic E-state index is 12.5. The minimum Gasteiger partial charge on any atom is -0.298 e. The normalized spacial score (nSPS) is 11.9.